The Morgan fingerprint density at radius 2 is 2.28 bits per heavy atom. The lowest BCUT2D eigenvalue weighted by Gasteiger charge is -2.27. The highest BCUT2D eigenvalue weighted by molar-refractivity contribution is 5.94. The van der Waals surface area contributed by atoms with Crippen molar-refractivity contribution in [3.8, 4) is 5.75 Å². The normalized spacial score (nSPS) is 23.7. The lowest BCUT2D eigenvalue weighted by molar-refractivity contribution is 0.0136. The molecule has 1 heterocycles. The number of phenolic OH excluding ortho intramolecular Hbond substituents is 1. The van der Waals surface area contributed by atoms with Crippen molar-refractivity contribution in [3.63, 3.8) is 0 Å². The van der Waals surface area contributed by atoms with Crippen molar-refractivity contribution in [1.29, 1.82) is 0 Å². The SMILES string of the molecule is Cc1ccc(C(=O)NC2CCOC(C)C2)cc1O. The summed E-state index contributed by atoms with van der Waals surface area (Å²) in [7, 11) is 0. The standard InChI is InChI=1S/C14H19NO3/c1-9-3-4-11(8-13(9)16)14(17)15-12-5-6-18-10(2)7-12/h3-4,8,10,12,16H,5-7H2,1-2H3,(H,15,17). The number of rotatable bonds is 2. The lowest BCUT2D eigenvalue weighted by atomic mass is 10.0. The number of aromatic hydroxyl groups is 1. The summed E-state index contributed by atoms with van der Waals surface area (Å²) in [5.41, 5.74) is 1.27. The Bertz CT molecular complexity index is 445. The molecule has 1 fully saturated rings. The lowest BCUT2D eigenvalue weighted by Crippen LogP contribution is -2.41. The molecule has 98 valence electrons. The molecule has 0 spiro atoms. The Labute approximate surface area is 107 Å². The fraction of sp³-hybridized carbons (Fsp3) is 0.500. The number of benzene rings is 1. The minimum atomic E-state index is -0.135. The number of hydrogen-bond donors (Lipinski definition) is 2. The summed E-state index contributed by atoms with van der Waals surface area (Å²) in [4.78, 5) is 12.0. The summed E-state index contributed by atoms with van der Waals surface area (Å²) in [5, 5.41) is 12.6. The van der Waals surface area contributed by atoms with Gasteiger partial charge in [-0.05, 0) is 44.4 Å². The molecule has 1 aromatic rings. The third-order valence-corrected chi connectivity index (χ3v) is 3.29. The van der Waals surface area contributed by atoms with Gasteiger partial charge in [-0.25, -0.2) is 0 Å². The molecule has 2 atom stereocenters. The number of aryl methyl sites for hydroxylation is 1. The van der Waals surface area contributed by atoms with Gasteiger partial charge in [0.1, 0.15) is 5.75 Å². The Hall–Kier alpha value is -1.55. The van der Waals surface area contributed by atoms with Crippen LogP contribution >= 0.6 is 0 Å². The maximum atomic E-state index is 12.0. The van der Waals surface area contributed by atoms with Gasteiger partial charge in [-0.15, -0.1) is 0 Å². The van der Waals surface area contributed by atoms with Crippen LogP contribution in [0.25, 0.3) is 0 Å². The zero-order valence-electron chi connectivity index (χ0n) is 10.8. The average molecular weight is 249 g/mol. The van der Waals surface area contributed by atoms with Crippen LogP contribution in [-0.2, 0) is 4.74 Å². The summed E-state index contributed by atoms with van der Waals surface area (Å²) in [6.45, 7) is 4.50. The van der Waals surface area contributed by atoms with E-state index < -0.39 is 0 Å². The van der Waals surface area contributed by atoms with Gasteiger partial charge in [0.25, 0.3) is 5.91 Å². The average Bonchev–Trinajstić information content (AvgIpc) is 2.32. The molecular weight excluding hydrogens is 230 g/mol. The van der Waals surface area contributed by atoms with Crippen LogP contribution in [0.5, 0.6) is 5.75 Å². The molecule has 1 saturated heterocycles. The molecule has 0 radical (unpaired) electrons. The largest absolute Gasteiger partial charge is 0.508 e. The monoisotopic (exact) mass is 249 g/mol. The van der Waals surface area contributed by atoms with Crippen molar-refractivity contribution >= 4 is 5.91 Å². The van der Waals surface area contributed by atoms with Gasteiger partial charge in [0.2, 0.25) is 0 Å². The summed E-state index contributed by atoms with van der Waals surface area (Å²) in [6, 6.07) is 5.14. The number of phenols is 1. The molecule has 4 heteroatoms. The Morgan fingerprint density at radius 3 is 2.94 bits per heavy atom. The van der Waals surface area contributed by atoms with Gasteiger partial charge in [-0.3, -0.25) is 4.79 Å². The fourth-order valence-corrected chi connectivity index (χ4v) is 2.15. The van der Waals surface area contributed by atoms with E-state index in [9.17, 15) is 9.90 Å². The van der Waals surface area contributed by atoms with Gasteiger partial charge in [0.15, 0.2) is 0 Å². The summed E-state index contributed by atoms with van der Waals surface area (Å²) < 4.78 is 5.44. The number of ether oxygens (including phenoxy) is 1. The molecule has 2 rings (SSSR count). The Balaban J connectivity index is 2.00. The van der Waals surface area contributed by atoms with Crippen LogP contribution in [0.4, 0.5) is 0 Å². The first kappa shape index (κ1) is 12.9. The number of nitrogens with one attached hydrogen (secondary N) is 1. The van der Waals surface area contributed by atoms with E-state index >= 15 is 0 Å². The maximum Gasteiger partial charge on any atom is 0.251 e. The number of carbonyl (C=O) groups excluding carboxylic acids is 1. The van der Waals surface area contributed by atoms with Crippen molar-refractivity contribution < 1.29 is 14.6 Å². The molecule has 1 aromatic carbocycles. The number of amides is 1. The Kier molecular flexibility index (Phi) is 3.87. The smallest absolute Gasteiger partial charge is 0.251 e. The predicted molar refractivity (Wildman–Crippen MR) is 68.7 cm³/mol. The summed E-state index contributed by atoms with van der Waals surface area (Å²) in [6.07, 6.45) is 1.87. The molecule has 18 heavy (non-hydrogen) atoms. The van der Waals surface area contributed by atoms with E-state index in [1.165, 1.54) is 6.07 Å². The van der Waals surface area contributed by atoms with E-state index in [4.69, 9.17) is 4.74 Å². The van der Waals surface area contributed by atoms with Gasteiger partial charge >= 0.3 is 0 Å². The number of hydrogen-bond acceptors (Lipinski definition) is 3. The number of carbonyl (C=O) groups is 1. The molecule has 4 nitrogen and oxygen atoms in total. The van der Waals surface area contributed by atoms with Crippen molar-refractivity contribution in [2.24, 2.45) is 0 Å². The predicted octanol–water partition coefficient (Wildman–Crippen LogP) is 2.00. The molecule has 1 amide bonds. The van der Waals surface area contributed by atoms with Crippen molar-refractivity contribution in [2.45, 2.75) is 38.8 Å². The van der Waals surface area contributed by atoms with Crippen LogP contribution in [0, 0.1) is 6.92 Å². The zero-order valence-corrected chi connectivity index (χ0v) is 10.8. The second kappa shape index (κ2) is 5.40. The molecule has 1 aliphatic heterocycles. The van der Waals surface area contributed by atoms with Gasteiger partial charge in [-0.2, -0.15) is 0 Å². The van der Waals surface area contributed by atoms with Gasteiger partial charge in [0, 0.05) is 18.2 Å². The van der Waals surface area contributed by atoms with Crippen LogP contribution in [0.1, 0.15) is 35.7 Å². The van der Waals surface area contributed by atoms with Crippen LogP contribution in [0.2, 0.25) is 0 Å². The topological polar surface area (TPSA) is 58.6 Å². The van der Waals surface area contributed by atoms with Crippen LogP contribution in [0.15, 0.2) is 18.2 Å². The van der Waals surface area contributed by atoms with Crippen LogP contribution < -0.4 is 5.32 Å². The summed E-state index contributed by atoms with van der Waals surface area (Å²) >= 11 is 0. The molecule has 0 aliphatic carbocycles. The third-order valence-electron chi connectivity index (χ3n) is 3.29. The molecule has 0 bridgehead atoms. The maximum absolute atomic E-state index is 12.0. The van der Waals surface area contributed by atoms with E-state index in [1.807, 2.05) is 6.92 Å². The molecular formula is C14H19NO3. The molecule has 2 unspecified atom stereocenters. The van der Waals surface area contributed by atoms with E-state index in [1.54, 1.807) is 19.1 Å². The van der Waals surface area contributed by atoms with Crippen molar-refractivity contribution in [2.75, 3.05) is 6.61 Å². The van der Waals surface area contributed by atoms with E-state index in [0.29, 0.717) is 12.2 Å². The second-order valence-corrected chi connectivity index (χ2v) is 4.88. The first-order valence-electron chi connectivity index (χ1n) is 6.28. The zero-order chi connectivity index (χ0) is 13.1. The second-order valence-electron chi connectivity index (χ2n) is 4.88. The molecule has 0 saturated carbocycles. The Morgan fingerprint density at radius 1 is 1.50 bits per heavy atom. The highest BCUT2D eigenvalue weighted by Gasteiger charge is 2.21. The molecule has 0 aromatic heterocycles. The van der Waals surface area contributed by atoms with Gasteiger partial charge < -0.3 is 15.2 Å². The van der Waals surface area contributed by atoms with Crippen molar-refractivity contribution in [3.05, 3.63) is 29.3 Å². The van der Waals surface area contributed by atoms with Crippen LogP contribution in [-0.4, -0.2) is 29.8 Å². The first-order valence-corrected chi connectivity index (χ1v) is 6.28. The summed E-state index contributed by atoms with van der Waals surface area (Å²) in [5.74, 6) is 0.0207. The van der Waals surface area contributed by atoms with Crippen LogP contribution in [0.3, 0.4) is 0 Å². The molecule has 1 aliphatic rings. The van der Waals surface area contributed by atoms with E-state index in [-0.39, 0.29) is 23.8 Å². The first-order chi connectivity index (χ1) is 8.56. The fourth-order valence-electron chi connectivity index (χ4n) is 2.15. The van der Waals surface area contributed by atoms with E-state index in [0.717, 1.165) is 18.4 Å². The van der Waals surface area contributed by atoms with Crippen molar-refractivity contribution in [1.82, 2.24) is 5.32 Å². The highest BCUT2D eigenvalue weighted by Crippen LogP contribution is 2.18. The third kappa shape index (κ3) is 3.01. The quantitative estimate of drug-likeness (QED) is 0.842. The van der Waals surface area contributed by atoms with Gasteiger partial charge in [0.05, 0.1) is 6.10 Å². The minimum absolute atomic E-state index is 0.135. The minimum Gasteiger partial charge on any atom is -0.508 e. The highest BCUT2D eigenvalue weighted by atomic mass is 16.5. The molecule has 2 N–H and O–H groups in total. The van der Waals surface area contributed by atoms with Gasteiger partial charge in [-0.1, -0.05) is 6.07 Å². The van der Waals surface area contributed by atoms with E-state index in [2.05, 4.69) is 5.32 Å².